The van der Waals surface area contributed by atoms with Crippen LogP contribution in [0, 0.1) is 34.1 Å². The lowest BCUT2D eigenvalue weighted by atomic mass is 9.93. The first-order valence-electron chi connectivity index (χ1n) is 6.75. The van der Waals surface area contributed by atoms with Crippen LogP contribution in [-0.2, 0) is 0 Å². The van der Waals surface area contributed by atoms with Crippen molar-refractivity contribution in [3.8, 4) is 0 Å². The highest BCUT2D eigenvalue weighted by atomic mass is 16.6. The zero-order valence-corrected chi connectivity index (χ0v) is 12.2. The lowest BCUT2D eigenvalue weighted by Crippen LogP contribution is -2.19. The van der Waals surface area contributed by atoms with Crippen molar-refractivity contribution in [2.24, 2.45) is 0 Å². The highest BCUT2D eigenvalue weighted by molar-refractivity contribution is 5.32. The number of rotatable bonds is 3. The topological polar surface area (TPSA) is 133 Å². The summed E-state index contributed by atoms with van der Waals surface area (Å²) in [7, 11) is 0. The van der Waals surface area contributed by atoms with Gasteiger partial charge in [0.05, 0.1) is 22.1 Å². The Morgan fingerprint density at radius 2 is 1.86 bits per heavy atom. The molecular formula is C12H16N6O4. The molecule has 1 saturated carbocycles. The lowest BCUT2D eigenvalue weighted by molar-refractivity contribution is -0.385. The van der Waals surface area contributed by atoms with E-state index in [1.165, 1.54) is 18.8 Å². The Hall–Kier alpha value is -2.78. The van der Waals surface area contributed by atoms with Crippen molar-refractivity contribution < 1.29 is 9.85 Å². The quantitative estimate of drug-likeness (QED) is 0.683. The van der Waals surface area contributed by atoms with Crippen LogP contribution in [0.15, 0.2) is 12.4 Å². The van der Waals surface area contributed by atoms with E-state index >= 15 is 0 Å². The molecular weight excluding hydrogens is 292 g/mol. The second kappa shape index (κ2) is 6.33. The Labute approximate surface area is 125 Å². The average molecular weight is 308 g/mol. The molecule has 2 aromatic heterocycles. The number of hydrogen-bond donors (Lipinski definition) is 1. The molecule has 1 N–H and O–H groups in total. The van der Waals surface area contributed by atoms with E-state index in [9.17, 15) is 20.2 Å². The zero-order valence-electron chi connectivity index (χ0n) is 12.2. The predicted molar refractivity (Wildman–Crippen MR) is 76.5 cm³/mol. The molecule has 0 unspecified atom stereocenters. The van der Waals surface area contributed by atoms with Gasteiger partial charge in [-0.15, -0.1) is 0 Å². The highest BCUT2D eigenvalue weighted by Gasteiger charge is 2.25. The van der Waals surface area contributed by atoms with Gasteiger partial charge in [-0.25, -0.2) is 0 Å². The first-order chi connectivity index (χ1) is 10.4. The molecule has 10 nitrogen and oxygen atoms in total. The Bertz CT molecular complexity index is 688. The third-order valence-corrected chi connectivity index (χ3v) is 3.64. The minimum Gasteiger partial charge on any atom is -0.278 e. The predicted octanol–water partition coefficient (Wildman–Crippen LogP) is 2.45. The Balaban J connectivity index is 0.000000172. The zero-order chi connectivity index (χ0) is 16.3. The lowest BCUT2D eigenvalue weighted by Gasteiger charge is -2.26. The molecule has 1 aliphatic rings. The number of hydrogen-bond acceptors (Lipinski definition) is 6. The van der Waals surface area contributed by atoms with Crippen LogP contribution in [0.5, 0.6) is 0 Å². The first kappa shape index (κ1) is 15.6. The van der Waals surface area contributed by atoms with Crippen molar-refractivity contribution in [2.75, 3.05) is 0 Å². The van der Waals surface area contributed by atoms with Gasteiger partial charge < -0.3 is 0 Å². The first-order valence-corrected chi connectivity index (χ1v) is 6.75. The van der Waals surface area contributed by atoms with E-state index in [0.29, 0.717) is 17.4 Å². The molecule has 0 aromatic carbocycles. The van der Waals surface area contributed by atoms with E-state index < -0.39 is 4.92 Å². The van der Waals surface area contributed by atoms with Gasteiger partial charge in [0.2, 0.25) is 0 Å². The van der Waals surface area contributed by atoms with Crippen molar-refractivity contribution >= 4 is 11.4 Å². The van der Waals surface area contributed by atoms with Crippen LogP contribution >= 0.6 is 0 Å². The van der Waals surface area contributed by atoms with Gasteiger partial charge in [-0.05, 0) is 33.1 Å². The number of aromatic nitrogens is 4. The van der Waals surface area contributed by atoms with E-state index in [1.807, 2.05) is 0 Å². The maximum Gasteiger partial charge on any atom is 0.309 e. The molecule has 0 aliphatic heterocycles. The summed E-state index contributed by atoms with van der Waals surface area (Å²) < 4.78 is 1.78. The molecule has 1 aliphatic carbocycles. The minimum absolute atomic E-state index is 0.0370. The van der Waals surface area contributed by atoms with E-state index in [-0.39, 0.29) is 16.3 Å². The summed E-state index contributed by atoms with van der Waals surface area (Å²) in [5, 5.41) is 30.5. The molecule has 0 amide bonds. The summed E-state index contributed by atoms with van der Waals surface area (Å²) in [5.74, 6) is 0. The summed E-state index contributed by atoms with van der Waals surface area (Å²) >= 11 is 0. The molecule has 22 heavy (non-hydrogen) atoms. The van der Waals surface area contributed by atoms with Crippen molar-refractivity contribution in [2.45, 2.75) is 39.2 Å². The average Bonchev–Trinajstić information content (AvgIpc) is 2.96. The number of H-pyrrole nitrogens is 1. The highest BCUT2D eigenvalue weighted by Crippen LogP contribution is 2.33. The van der Waals surface area contributed by atoms with E-state index in [0.717, 1.165) is 12.8 Å². The Morgan fingerprint density at radius 1 is 1.23 bits per heavy atom. The molecule has 0 atom stereocenters. The van der Waals surface area contributed by atoms with Crippen LogP contribution < -0.4 is 0 Å². The number of nitro groups is 2. The minimum atomic E-state index is -0.473. The Morgan fingerprint density at radius 3 is 2.18 bits per heavy atom. The van der Waals surface area contributed by atoms with Crippen LogP contribution in [-0.4, -0.2) is 29.8 Å². The van der Waals surface area contributed by atoms with Crippen LogP contribution in [0.4, 0.5) is 11.4 Å². The summed E-state index contributed by atoms with van der Waals surface area (Å²) in [6, 6.07) is 0.397. The van der Waals surface area contributed by atoms with Gasteiger partial charge in [0.15, 0.2) is 0 Å². The van der Waals surface area contributed by atoms with Gasteiger partial charge in [0.1, 0.15) is 17.6 Å². The molecule has 3 rings (SSSR count). The van der Waals surface area contributed by atoms with Gasteiger partial charge in [0.25, 0.3) is 0 Å². The van der Waals surface area contributed by atoms with Crippen LogP contribution in [0.25, 0.3) is 0 Å². The number of aryl methyl sites for hydroxylation is 1. The number of nitrogens with zero attached hydrogens (tertiary/aromatic N) is 5. The van der Waals surface area contributed by atoms with Gasteiger partial charge in [0, 0.05) is 0 Å². The molecule has 10 heteroatoms. The van der Waals surface area contributed by atoms with E-state index in [4.69, 9.17) is 0 Å². The fourth-order valence-corrected chi connectivity index (χ4v) is 2.13. The number of aromatic amines is 1. The fraction of sp³-hybridized carbons (Fsp3) is 0.500. The monoisotopic (exact) mass is 308 g/mol. The van der Waals surface area contributed by atoms with Crippen molar-refractivity contribution in [3.63, 3.8) is 0 Å². The molecule has 2 aromatic rings. The van der Waals surface area contributed by atoms with Gasteiger partial charge in [-0.3, -0.25) is 30.0 Å². The molecule has 0 bridgehead atoms. The maximum absolute atomic E-state index is 10.5. The number of nitrogens with one attached hydrogen (secondary N) is 1. The molecule has 1 fully saturated rings. The smallest absolute Gasteiger partial charge is 0.278 e. The molecule has 0 spiro atoms. The van der Waals surface area contributed by atoms with Crippen LogP contribution in [0.2, 0.25) is 0 Å². The molecule has 0 radical (unpaired) electrons. The second-order valence-electron chi connectivity index (χ2n) is 5.01. The van der Waals surface area contributed by atoms with Gasteiger partial charge in [-0.1, -0.05) is 0 Å². The molecule has 0 saturated heterocycles. The summed E-state index contributed by atoms with van der Waals surface area (Å²) in [6.07, 6.45) is 6.00. The summed E-state index contributed by atoms with van der Waals surface area (Å²) in [5.41, 5.74) is 1.26. The van der Waals surface area contributed by atoms with Crippen LogP contribution in [0.3, 0.4) is 0 Å². The van der Waals surface area contributed by atoms with Gasteiger partial charge in [-0.2, -0.15) is 10.2 Å². The third kappa shape index (κ3) is 3.10. The summed E-state index contributed by atoms with van der Waals surface area (Å²) in [6.45, 7) is 3.33. The standard InChI is InChI=1S/C8H11N3O2.C4H5N3O2/c1-6-8(11(12)13)5-9-10(6)7-3-2-4-7;1-3-4(7(8)9)2-5-6-3/h5,7H,2-4H2,1H3;2H,1H3,(H,5,6). The van der Waals surface area contributed by atoms with E-state index in [2.05, 4.69) is 15.3 Å². The van der Waals surface area contributed by atoms with Crippen molar-refractivity contribution in [3.05, 3.63) is 44.0 Å². The van der Waals surface area contributed by atoms with E-state index in [1.54, 1.807) is 18.5 Å². The Kier molecular flexibility index (Phi) is 4.49. The molecule has 118 valence electrons. The third-order valence-electron chi connectivity index (χ3n) is 3.64. The normalized spacial score (nSPS) is 13.9. The van der Waals surface area contributed by atoms with Gasteiger partial charge >= 0.3 is 11.4 Å². The largest absolute Gasteiger partial charge is 0.309 e. The van der Waals surface area contributed by atoms with Crippen molar-refractivity contribution in [1.29, 1.82) is 0 Å². The second-order valence-corrected chi connectivity index (χ2v) is 5.01. The fourth-order valence-electron chi connectivity index (χ4n) is 2.13. The van der Waals surface area contributed by atoms with Crippen molar-refractivity contribution in [1.82, 2.24) is 20.0 Å². The molecule has 2 heterocycles. The maximum atomic E-state index is 10.5. The summed E-state index contributed by atoms with van der Waals surface area (Å²) in [4.78, 5) is 19.7. The SMILES string of the molecule is Cc1c([N+](=O)[O-])cnn1C1CCC1.Cc1n[nH]cc1[N+](=O)[O-]. The van der Waals surface area contributed by atoms with Crippen LogP contribution in [0.1, 0.15) is 36.7 Å².